The van der Waals surface area contributed by atoms with E-state index in [2.05, 4.69) is 31.3 Å². The molecule has 0 spiro atoms. The average molecular weight is 497 g/mol. The minimum atomic E-state index is -0.181. The van der Waals surface area contributed by atoms with Crippen LogP contribution in [-0.2, 0) is 0 Å². The lowest BCUT2D eigenvalue weighted by Gasteiger charge is -2.14. The molecule has 1 saturated carbocycles. The Morgan fingerprint density at radius 3 is 2.69 bits per heavy atom. The summed E-state index contributed by atoms with van der Waals surface area (Å²) in [5, 5.41) is 9.46. The van der Waals surface area contributed by atoms with Gasteiger partial charge in [0.05, 0.1) is 29.2 Å². The fourth-order valence-corrected chi connectivity index (χ4v) is 5.15. The van der Waals surface area contributed by atoms with E-state index in [0.29, 0.717) is 28.0 Å². The second-order valence-corrected chi connectivity index (χ2v) is 9.59. The molecule has 0 atom stereocenters. The summed E-state index contributed by atoms with van der Waals surface area (Å²) >= 11 is 6.30. The number of fused-ring (bicyclic) bond motifs is 1. The van der Waals surface area contributed by atoms with Crippen LogP contribution in [0.3, 0.4) is 0 Å². The quantitative estimate of drug-likeness (QED) is 0.289. The second kappa shape index (κ2) is 9.24. The highest BCUT2D eigenvalue weighted by molar-refractivity contribution is 6.31. The number of anilines is 2. The van der Waals surface area contributed by atoms with Crippen LogP contribution in [0.15, 0.2) is 73.4 Å². The van der Waals surface area contributed by atoms with Crippen molar-refractivity contribution in [1.29, 1.82) is 0 Å². The van der Waals surface area contributed by atoms with Crippen LogP contribution >= 0.6 is 11.6 Å². The second-order valence-electron chi connectivity index (χ2n) is 9.18. The van der Waals surface area contributed by atoms with Crippen molar-refractivity contribution in [2.24, 2.45) is 0 Å². The van der Waals surface area contributed by atoms with Gasteiger partial charge in [-0.05, 0) is 55.7 Å². The number of carbonyl (C=O) groups excluding carboxylic acids is 1. The van der Waals surface area contributed by atoms with Crippen molar-refractivity contribution < 1.29 is 4.79 Å². The molecule has 1 aliphatic rings. The van der Waals surface area contributed by atoms with E-state index in [-0.39, 0.29) is 5.91 Å². The lowest BCUT2D eigenvalue weighted by molar-refractivity contribution is 0.0965. The molecule has 3 aromatic heterocycles. The molecular formula is C28H25ClN6O. The van der Waals surface area contributed by atoms with Crippen LogP contribution in [0.25, 0.3) is 22.3 Å². The zero-order valence-corrected chi connectivity index (χ0v) is 20.6. The van der Waals surface area contributed by atoms with Gasteiger partial charge in [0.25, 0.3) is 5.91 Å². The number of carbonyl (C=O) groups is 1. The summed E-state index contributed by atoms with van der Waals surface area (Å²) in [4.78, 5) is 22.7. The maximum Gasteiger partial charge on any atom is 0.265 e. The predicted octanol–water partition coefficient (Wildman–Crippen LogP) is 6.80. The van der Waals surface area contributed by atoms with E-state index in [1.165, 1.54) is 19.2 Å². The minimum absolute atomic E-state index is 0.181. The molecule has 1 fully saturated rings. The topological polar surface area (TPSA) is 77.6 Å². The molecule has 6 rings (SSSR count). The van der Waals surface area contributed by atoms with Crippen LogP contribution in [-0.4, -0.2) is 30.2 Å². The number of benzene rings is 2. The highest BCUT2D eigenvalue weighted by Gasteiger charge is 2.21. The maximum absolute atomic E-state index is 13.7. The largest absolute Gasteiger partial charge is 0.355 e. The molecule has 3 heterocycles. The Bertz CT molecular complexity index is 1580. The van der Waals surface area contributed by atoms with Gasteiger partial charge in [0, 0.05) is 34.1 Å². The molecule has 8 heteroatoms. The Hall–Kier alpha value is -3.97. The van der Waals surface area contributed by atoms with Gasteiger partial charge in [0.2, 0.25) is 0 Å². The van der Waals surface area contributed by atoms with Gasteiger partial charge in [-0.2, -0.15) is 5.10 Å². The minimum Gasteiger partial charge on any atom is -0.355 e. The molecular weight excluding hydrogens is 472 g/mol. The molecule has 0 saturated heterocycles. The lowest BCUT2D eigenvalue weighted by Crippen LogP contribution is -2.13. The first-order valence-corrected chi connectivity index (χ1v) is 12.5. The van der Waals surface area contributed by atoms with Gasteiger partial charge in [0.15, 0.2) is 5.65 Å². The Balaban J connectivity index is 1.36. The summed E-state index contributed by atoms with van der Waals surface area (Å²) < 4.78 is 3.63. The molecule has 36 heavy (non-hydrogen) atoms. The van der Waals surface area contributed by atoms with E-state index in [0.717, 1.165) is 40.7 Å². The van der Waals surface area contributed by atoms with E-state index < -0.39 is 0 Å². The molecule has 0 bridgehead atoms. The third-order valence-electron chi connectivity index (χ3n) is 6.97. The first-order chi connectivity index (χ1) is 17.6. The molecule has 0 amide bonds. The monoisotopic (exact) mass is 496 g/mol. The molecule has 1 aliphatic carbocycles. The Kier molecular flexibility index (Phi) is 5.77. The number of rotatable bonds is 5. The van der Waals surface area contributed by atoms with Crippen molar-refractivity contribution >= 4 is 39.9 Å². The number of para-hydroxylation sites is 1. The molecule has 0 aliphatic heterocycles. The number of halogens is 1. The van der Waals surface area contributed by atoms with Crippen molar-refractivity contribution in [3.8, 4) is 11.3 Å². The van der Waals surface area contributed by atoms with Crippen LogP contribution < -0.4 is 5.32 Å². The summed E-state index contributed by atoms with van der Waals surface area (Å²) in [6.45, 7) is 1.95. The van der Waals surface area contributed by atoms with E-state index in [4.69, 9.17) is 11.6 Å². The maximum atomic E-state index is 13.7. The molecule has 0 radical (unpaired) electrons. The summed E-state index contributed by atoms with van der Waals surface area (Å²) in [7, 11) is 0. The van der Waals surface area contributed by atoms with Gasteiger partial charge in [0.1, 0.15) is 6.33 Å². The van der Waals surface area contributed by atoms with E-state index in [1.807, 2.05) is 61.7 Å². The van der Waals surface area contributed by atoms with E-state index in [1.54, 1.807) is 10.8 Å². The fourth-order valence-electron chi connectivity index (χ4n) is 4.97. The standard InChI is InChI=1S/C28H25ClN6O/c1-18-23(29)10-6-12-24(18)33-25-11-5-4-9-21(25)28(36)34-14-13-22-26(30-17-31-27(22)34)19-15-32-35(16-19)20-7-2-3-8-20/h4-6,9-17,20,33H,2-3,7-8H2,1H3. The third-order valence-corrected chi connectivity index (χ3v) is 7.38. The summed E-state index contributed by atoms with van der Waals surface area (Å²) in [5.41, 5.74) is 5.26. The van der Waals surface area contributed by atoms with Crippen molar-refractivity contribution in [3.63, 3.8) is 0 Å². The Labute approximate surface area is 213 Å². The molecule has 5 aromatic rings. The normalized spacial score (nSPS) is 13.9. The van der Waals surface area contributed by atoms with Crippen LogP contribution in [0, 0.1) is 6.92 Å². The predicted molar refractivity (Wildman–Crippen MR) is 142 cm³/mol. The van der Waals surface area contributed by atoms with Crippen LogP contribution in [0.2, 0.25) is 5.02 Å². The number of hydrogen-bond donors (Lipinski definition) is 1. The fraction of sp³-hybridized carbons (Fsp3) is 0.214. The van der Waals surface area contributed by atoms with Gasteiger partial charge >= 0.3 is 0 Å². The SMILES string of the molecule is Cc1c(Cl)cccc1Nc1ccccc1C(=O)n1ccc2c(-c3cnn(C4CCCC4)c3)ncnc21. The van der Waals surface area contributed by atoms with Gasteiger partial charge < -0.3 is 5.32 Å². The highest BCUT2D eigenvalue weighted by atomic mass is 35.5. The molecule has 2 aromatic carbocycles. The van der Waals surface area contributed by atoms with Crippen molar-refractivity contribution in [1.82, 2.24) is 24.3 Å². The van der Waals surface area contributed by atoms with Crippen molar-refractivity contribution in [2.75, 3.05) is 5.32 Å². The number of nitrogens with zero attached hydrogens (tertiary/aromatic N) is 5. The number of nitrogens with one attached hydrogen (secondary N) is 1. The average Bonchev–Trinajstić information content (AvgIpc) is 3.67. The number of aromatic nitrogens is 5. The van der Waals surface area contributed by atoms with Crippen molar-refractivity contribution in [3.05, 3.63) is 89.6 Å². The Morgan fingerprint density at radius 1 is 1.03 bits per heavy atom. The van der Waals surface area contributed by atoms with Crippen molar-refractivity contribution in [2.45, 2.75) is 38.6 Å². The Morgan fingerprint density at radius 2 is 1.83 bits per heavy atom. The van der Waals surface area contributed by atoms with E-state index in [9.17, 15) is 4.79 Å². The summed E-state index contributed by atoms with van der Waals surface area (Å²) in [6, 6.07) is 15.5. The molecule has 180 valence electrons. The molecule has 7 nitrogen and oxygen atoms in total. The van der Waals surface area contributed by atoms with Crippen LogP contribution in [0.4, 0.5) is 11.4 Å². The first kappa shape index (κ1) is 22.5. The lowest BCUT2D eigenvalue weighted by atomic mass is 10.1. The third kappa shape index (κ3) is 3.95. The zero-order valence-electron chi connectivity index (χ0n) is 19.9. The van der Waals surface area contributed by atoms with E-state index >= 15 is 0 Å². The zero-order chi connectivity index (χ0) is 24.6. The van der Waals surface area contributed by atoms with Gasteiger partial charge in [-0.25, -0.2) is 9.97 Å². The molecule has 1 N–H and O–H groups in total. The highest BCUT2D eigenvalue weighted by Crippen LogP contribution is 2.33. The van der Waals surface area contributed by atoms with Crippen LogP contribution in [0.1, 0.15) is 47.6 Å². The van der Waals surface area contributed by atoms with Gasteiger partial charge in [-0.1, -0.05) is 42.6 Å². The van der Waals surface area contributed by atoms with Gasteiger partial charge in [-0.3, -0.25) is 14.0 Å². The summed E-state index contributed by atoms with van der Waals surface area (Å²) in [6.07, 6.45) is 12.0. The smallest absolute Gasteiger partial charge is 0.265 e. The number of hydrogen-bond acceptors (Lipinski definition) is 5. The van der Waals surface area contributed by atoms with Gasteiger partial charge in [-0.15, -0.1) is 0 Å². The summed E-state index contributed by atoms with van der Waals surface area (Å²) in [5.74, 6) is -0.181. The first-order valence-electron chi connectivity index (χ1n) is 12.1. The molecule has 0 unspecified atom stereocenters. The van der Waals surface area contributed by atoms with Crippen LogP contribution in [0.5, 0.6) is 0 Å².